The second-order valence-electron chi connectivity index (χ2n) is 7.81. The normalized spacial score (nSPS) is 23.2. The number of aryl methyl sites for hydroxylation is 2. The monoisotopic (exact) mass is 430 g/mol. The summed E-state index contributed by atoms with van der Waals surface area (Å²) < 4.78 is 0. The predicted molar refractivity (Wildman–Crippen MR) is 117 cm³/mol. The zero-order valence-corrected chi connectivity index (χ0v) is 17.9. The Hall–Kier alpha value is -2.22. The highest BCUT2D eigenvalue weighted by Gasteiger charge is 2.47. The van der Waals surface area contributed by atoms with Crippen molar-refractivity contribution in [3.63, 3.8) is 0 Å². The van der Waals surface area contributed by atoms with E-state index in [1.165, 1.54) is 28.8 Å². The maximum absolute atomic E-state index is 13.7. The first-order valence-corrected chi connectivity index (χ1v) is 10.4. The van der Waals surface area contributed by atoms with Crippen LogP contribution in [0.15, 0.2) is 35.4 Å². The third kappa shape index (κ3) is 3.08. The molecule has 2 fully saturated rings. The van der Waals surface area contributed by atoms with E-state index < -0.39 is 0 Å². The first-order chi connectivity index (χ1) is 13.6. The lowest BCUT2D eigenvalue weighted by molar-refractivity contribution is 0.0718. The first-order valence-electron chi connectivity index (χ1n) is 9.60. The smallest absolute Gasteiger partial charge is 0.264 e. The van der Waals surface area contributed by atoms with Crippen LogP contribution >= 0.6 is 23.7 Å². The molecule has 0 saturated carbocycles. The first kappa shape index (κ1) is 20.1. The molecule has 3 aromatic rings. The number of likely N-dealkylation sites (tertiary alicyclic amines) is 1. The number of fused-ring (bicyclic) bond motifs is 2. The molecule has 0 radical (unpaired) electrons. The van der Waals surface area contributed by atoms with E-state index in [-0.39, 0.29) is 29.9 Å². The molecule has 2 aliphatic heterocycles. The van der Waals surface area contributed by atoms with Crippen molar-refractivity contribution in [2.24, 2.45) is 11.8 Å². The van der Waals surface area contributed by atoms with Gasteiger partial charge in [-0.1, -0.05) is 24.3 Å². The number of rotatable bonds is 2. The van der Waals surface area contributed by atoms with Crippen molar-refractivity contribution in [3.8, 4) is 0 Å². The molecule has 3 atom stereocenters. The van der Waals surface area contributed by atoms with Gasteiger partial charge < -0.3 is 15.2 Å². The van der Waals surface area contributed by atoms with Gasteiger partial charge in [-0.15, -0.1) is 23.7 Å². The van der Waals surface area contributed by atoms with Crippen LogP contribution in [0.4, 0.5) is 0 Å². The summed E-state index contributed by atoms with van der Waals surface area (Å²) >= 11 is 1.32. The Morgan fingerprint density at radius 1 is 1.24 bits per heavy atom. The van der Waals surface area contributed by atoms with Gasteiger partial charge in [-0.2, -0.15) is 0 Å². The van der Waals surface area contributed by atoms with Crippen LogP contribution < -0.4 is 10.9 Å². The van der Waals surface area contributed by atoms with Crippen molar-refractivity contribution < 1.29 is 4.79 Å². The molecular weight excluding hydrogens is 408 g/mol. The lowest BCUT2D eigenvalue weighted by Gasteiger charge is -2.29. The molecule has 0 bridgehead atoms. The van der Waals surface area contributed by atoms with Crippen LogP contribution in [0.2, 0.25) is 0 Å². The fraction of sp³-hybridized carbons (Fsp3) is 0.381. The van der Waals surface area contributed by atoms with E-state index in [9.17, 15) is 9.59 Å². The van der Waals surface area contributed by atoms with Crippen LogP contribution in [-0.2, 0) is 0 Å². The van der Waals surface area contributed by atoms with E-state index in [1.807, 2.05) is 17.9 Å². The van der Waals surface area contributed by atoms with Gasteiger partial charge in [0.25, 0.3) is 11.5 Å². The summed E-state index contributed by atoms with van der Waals surface area (Å²) in [5.41, 5.74) is 2.99. The predicted octanol–water partition coefficient (Wildman–Crippen LogP) is 3.06. The van der Waals surface area contributed by atoms with Gasteiger partial charge in [-0.25, -0.2) is 4.98 Å². The van der Waals surface area contributed by atoms with E-state index in [0.717, 1.165) is 25.2 Å². The highest BCUT2D eigenvalue weighted by molar-refractivity contribution is 7.20. The lowest BCUT2D eigenvalue weighted by Crippen LogP contribution is -2.35. The SMILES string of the molecule is Cc1ccccc1[C@@H]1[C@H]2CNC[C@H]2CN1C(=O)c1sc2nc[nH]c(=O)c2c1C.Cl. The Morgan fingerprint density at radius 2 is 2.03 bits per heavy atom. The number of nitrogens with one attached hydrogen (secondary N) is 2. The molecule has 152 valence electrons. The molecule has 8 heteroatoms. The fourth-order valence-corrected chi connectivity index (χ4v) is 5.97. The number of thiophene rings is 1. The van der Waals surface area contributed by atoms with Gasteiger partial charge in [0.1, 0.15) is 4.83 Å². The average Bonchev–Trinajstić information content (AvgIpc) is 3.35. The maximum atomic E-state index is 13.7. The number of benzene rings is 1. The summed E-state index contributed by atoms with van der Waals surface area (Å²) in [5, 5.41) is 4.02. The van der Waals surface area contributed by atoms with Gasteiger partial charge in [0.05, 0.1) is 22.6 Å². The minimum atomic E-state index is -0.184. The third-order valence-electron chi connectivity index (χ3n) is 6.26. The van der Waals surface area contributed by atoms with Crippen LogP contribution in [0.1, 0.15) is 32.4 Å². The van der Waals surface area contributed by atoms with Crippen molar-refractivity contribution in [1.82, 2.24) is 20.2 Å². The number of hydrogen-bond donors (Lipinski definition) is 2. The fourth-order valence-electron chi connectivity index (χ4n) is 4.86. The molecule has 0 spiro atoms. The Balaban J connectivity index is 0.00000205. The number of nitrogens with zero attached hydrogens (tertiary/aromatic N) is 2. The summed E-state index contributed by atoms with van der Waals surface area (Å²) in [6.07, 6.45) is 1.40. The third-order valence-corrected chi connectivity index (χ3v) is 7.45. The molecule has 0 unspecified atom stereocenters. The molecule has 29 heavy (non-hydrogen) atoms. The molecular formula is C21H23ClN4O2S. The number of H-pyrrole nitrogens is 1. The number of carbonyl (C=O) groups is 1. The van der Waals surface area contributed by atoms with Crippen LogP contribution in [0.3, 0.4) is 0 Å². The van der Waals surface area contributed by atoms with Crippen molar-refractivity contribution in [2.45, 2.75) is 19.9 Å². The summed E-state index contributed by atoms with van der Waals surface area (Å²) in [4.78, 5) is 36.0. The van der Waals surface area contributed by atoms with E-state index in [1.54, 1.807) is 0 Å². The molecule has 1 aromatic carbocycles. The van der Waals surface area contributed by atoms with Crippen molar-refractivity contribution in [1.29, 1.82) is 0 Å². The molecule has 0 aliphatic carbocycles. The standard InChI is InChI=1S/C21H22N4O2S.ClH/c1-11-5-3-4-6-14(11)17-15-8-22-7-13(15)9-25(17)21(27)18-12(2)16-19(26)23-10-24-20(16)28-18;/h3-6,10,13,15,17,22H,7-9H2,1-2H3,(H,23,24,26);1H/t13-,15-,17+;/m0./s1. The molecule has 4 heterocycles. The van der Waals surface area contributed by atoms with E-state index in [2.05, 4.69) is 40.4 Å². The van der Waals surface area contributed by atoms with E-state index in [4.69, 9.17) is 0 Å². The number of aromatic amines is 1. The Morgan fingerprint density at radius 3 is 2.79 bits per heavy atom. The van der Waals surface area contributed by atoms with Crippen LogP contribution in [0, 0.1) is 25.7 Å². The van der Waals surface area contributed by atoms with E-state index >= 15 is 0 Å². The molecule has 2 aliphatic rings. The molecule has 5 rings (SSSR count). The molecule has 2 saturated heterocycles. The van der Waals surface area contributed by atoms with E-state index in [0.29, 0.717) is 26.9 Å². The van der Waals surface area contributed by atoms with Gasteiger partial charge in [-0.3, -0.25) is 9.59 Å². The van der Waals surface area contributed by atoms with Crippen molar-refractivity contribution in [2.75, 3.05) is 19.6 Å². The highest BCUT2D eigenvalue weighted by Crippen LogP contribution is 2.45. The van der Waals surface area contributed by atoms with Crippen LogP contribution in [0.5, 0.6) is 0 Å². The Labute approximate surface area is 178 Å². The number of aromatic nitrogens is 2. The number of amides is 1. The largest absolute Gasteiger partial charge is 0.330 e. The lowest BCUT2D eigenvalue weighted by atomic mass is 9.87. The minimum absolute atomic E-state index is 0. The maximum Gasteiger partial charge on any atom is 0.264 e. The van der Waals surface area contributed by atoms with Crippen molar-refractivity contribution >= 4 is 39.9 Å². The quantitative estimate of drug-likeness (QED) is 0.655. The zero-order chi connectivity index (χ0) is 19.4. The highest BCUT2D eigenvalue weighted by atomic mass is 35.5. The summed E-state index contributed by atoms with van der Waals surface area (Å²) in [5.74, 6) is 0.897. The van der Waals surface area contributed by atoms with Crippen LogP contribution in [0.25, 0.3) is 10.2 Å². The summed E-state index contributed by atoms with van der Waals surface area (Å²) in [6, 6.07) is 8.41. The number of carbonyl (C=O) groups excluding carboxylic acids is 1. The van der Waals surface area contributed by atoms with Gasteiger partial charge in [0, 0.05) is 25.6 Å². The zero-order valence-electron chi connectivity index (χ0n) is 16.3. The average molecular weight is 431 g/mol. The van der Waals surface area contributed by atoms with Gasteiger partial charge in [-0.05, 0) is 36.5 Å². The molecule has 2 aromatic heterocycles. The second-order valence-corrected chi connectivity index (χ2v) is 8.81. The van der Waals surface area contributed by atoms with Gasteiger partial charge in [0.15, 0.2) is 0 Å². The summed E-state index contributed by atoms with van der Waals surface area (Å²) in [7, 11) is 0. The Bertz CT molecular complexity index is 1140. The van der Waals surface area contributed by atoms with Crippen LogP contribution in [-0.4, -0.2) is 40.4 Å². The minimum Gasteiger partial charge on any atom is -0.330 e. The number of hydrogen-bond acceptors (Lipinski definition) is 5. The molecule has 1 amide bonds. The summed E-state index contributed by atoms with van der Waals surface area (Å²) in [6.45, 7) is 6.59. The Kier molecular flexibility index (Phi) is 5.23. The second kappa shape index (κ2) is 7.55. The molecule has 2 N–H and O–H groups in total. The van der Waals surface area contributed by atoms with Gasteiger partial charge >= 0.3 is 0 Å². The number of halogens is 1. The molecule has 6 nitrogen and oxygen atoms in total. The van der Waals surface area contributed by atoms with Crippen molar-refractivity contribution in [3.05, 3.63) is 62.5 Å². The topological polar surface area (TPSA) is 78.1 Å². The van der Waals surface area contributed by atoms with Gasteiger partial charge in [0.2, 0.25) is 0 Å².